The molecule has 0 fully saturated rings. The van der Waals surface area contributed by atoms with Crippen LogP contribution in [0.25, 0.3) is 11.3 Å². The molecule has 3 rings (SSSR count). The molecule has 26 heavy (non-hydrogen) atoms. The Hall–Kier alpha value is -2.02. The Balaban J connectivity index is 1.87. The molecule has 0 aliphatic carbocycles. The smallest absolute Gasteiger partial charge is 0.241 e. The molecule has 0 spiro atoms. The van der Waals surface area contributed by atoms with E-state index < -0.39 is 10.0 Å². The van der Waals surface area contributed by atoms with Crippen LogP contribution in [0.3, 0.4) is 0 Å². The molecule has 2 heterocycles. The van der Waals surface area contributed by atoms with Crippen LogP contribution in [0.15, 0.2) is 46.1 Å². The fourth-order valence-electron chi connectivity index (χ4n) is 2.99. The Bertz CT molecular complexity index is 1010. The molecule has 0 aliphatic heterocycles. The Morgan fingerprint density at radius 3 is 2.35 bits per heavy atom. The Labute approximate surface area is 159 Å². The number of hydrogen-bond acceptors (Lipinski definition) is 4. The van der Waals surface area contributed by atoms with Crippen molar-refractivity contribution in [3.8, 4) is 11.3 Å². The van der Waals surface area contributed by atoms with Gasteiger partial charge in [0.2, 0.25) is 10.0 Å². The highest BCUT2D eigenvalue weighted by Crippen LogP contribution is 2.26. The van der Waals surface area contributed by atoms with Gasteiger partial charge in [0.25, 0.3) is 0 Å². The van der Waals surface area contributed by atoms with Gasteiger partial charge in [-0.1, -0.05) is 6.07 Å². The Morgan fingerprint density at radius 2 is 1.73 bits per heavy atom. The zero-order chi connectivity index (χ0) is 18.9. The molecule has 0 amide bonds. The molecule has 0 atom stereocenters. The first kappa shape index (κ1) is 18.8. The van der Waals surface area contributed by atoms with Crippen molar-refractivity contribution >= 4 is 21.4 Å². The van der Waals surface area contributed by atoms with Crippen molar-refractivity contribution in [2.75, 3.05) is 0 Å². The average molecular weight is 387 g/mol. The molecular weight excluding hydrogens is 364 g/mol. The van der Waals surface area contributed by atoms with E-state index in [1.807, 2.05) is 62.7 Å². The first-order valence-electron chi connectivity index (χ1n) is 8.34. The number of pyridine rings is 1. The summed E-state index contributed by atoms with van der Waals surface area (Å²) in [5, 5.41) is 4.02. The van der Waals surface area contributed by atoms with Crippen LogP contribution in [0.2, 0.25) is 0 Å². The predicted octanol–water partition coefficient (Wildman–Crippen LogP) is 4.52. The van der Waals surface area contributed by atoms with Crippen LogP contribution in [0.5, 0.6) is 0 Å². The highest BCUT2D eigenvalue weighted by Gasteiger charge is 2.21. The molecule has 4 nitrogen and oxygen atoms in total. The molecule has 0 radical (unpaired) electrons. The first-order chi connectivity index (χ1) is 12.3. The molecule has 1 N–H and O–H groups in total. The second-order valence-corrected chi connectivity index (χ2v) is 8.96. The summed E-state index contributed by atoms with van der Waals surface area (Å²) in [6.07, 6.45) is 1.71. The molecule has 0 aliphatic rings. The lowest BCUT2D eigenvalue weighted by Gasteiger charge is -2.16. The van der Waals surface area contributed by atoms with Crippen molar-refractivity contribution in [3.63, 3.8) is 0 Å². The van der Waals surface area contributed by atoms with Crippen molar-refractivity contribution in [2.24, 2.45) is 0 Å². The minimum Gasteiger partial charge on any atom is -0.256 e. The lowest BCUT2D eigenvalue weighted by Crippen LogP contribution is -2.25. The number of rotatable bonds is 5. The van der Waals surface area contributed by atoms with Crippen LogP contribution >= 0.6 is 11.3 Å². The van der Waals surface area contributed by atoms with Gasteiger partial charge in [-0.2, -0.15) is 11.3 Å². The molecule has 0 unspecified atom stereocenters. The quantitative estimate of drug-likeness (QED) is 0.701. The number of thiophene rings is 1. The summed E-state index contributed by atoms with van der Waals surface area (Å²) in [5.74, 6) is 0. The maximum Gasteiger partial charge on any atom is 0.241 e. The maximum absolute atomic E-state index is 12.9. The van der Waals surface area contributed by atoms with Crippen molar-refractivity contribution in [1.29, 1.82) is 0 Å². The molecular formula is C20H22N2O2S2. The van der Waals surface area contributed by atoms with E-state index in [4.69, 9.17) is 0 Å². The van der Waals surface area contributed by atoms with E-state index in [0.29, 0.717) is 4.90 Å². The molecule has 1 aromatic carbocycles. The lowest BCUT2D eigenvalue weighted by molar-refractivity contribution is 0.579. The molecule has 2 aromatic heterocycles. The van der Waals surface area contributed by atoms with Crippen LogP contribution in [0, 0.1) is 27.7 Å². The van der Waals surface area contributed by atoms with Crippen LogP contribution in [0.4, 0.5) is 0 Å². The number of sulfonamides is 1. The highest BCUT2D eigenvalue weighted by molar-refractivity contribution is 7.89. The Morgan fingerprint density at radius 1 is 1.04 bits per heavy atom. The van der Waals surface area contributed by atoms with Gasteiger partial charge in [-0.25, -0.2) is 13.1 Å². The number of nitrogens with zero attached hydrogens (tertiary/aromatic N) is 1. The fourth-order valence-corrected chi connectivity index (χ4v) is 5.27. The average Bonchev–Trinajstić information content (AvgIpc) is 3.13. The van der Waals surface area contributed by atoms with E-state index in [0.717, 1.165) is 39.1 Å². The number of aromatic nitrogens is 1. The summed E-state index contributed by atoms with van der Waals surface area (Å²) < 4.78 is 28.6. The largest absolute Gasteiger partial charge is 0.256 e. The first-order valence-corrected chi connectivity index (χ1v) is 10.8. The maximum atomic E-state index is 12.9. The predicted molar refractivity (Wildman–Crippen MR) is 107 cm³/mol. The van der Waals surface area contributed by atoms with Gasteiger partial charge in [-0.3, -0.25) is 4.98 Å². The number of nitrogens with one attached hydrogen (secondary N) is 1. The summed E-state index contributed by atoms with van der Waals surface area (Å²) in [6, 6.07) is 7.79. The van der Waals surface area contributed by atoms with Crippen molar-refractivity contribution in [3.05, 3.63) is 69.0 Å². The van der Waals surface area contributed by atoms with E-state index in [1.54, 1.807) is 17.5 Å². The second-order valence-electron chi connectivity index (χ2n) is 6.48. The summed E-state index contributed by atoms with van der Waals surface area (Å²) in [5.41, 5.74) is 6.34. The monoisotopic (exact) mass is 386 g/mol. The van der Waals surface area contributed by atoms with Crippen LogP contribution < -0.4 is 4.72 Å². The van der Waals surface area contributed by atoms with E-state index in [1.165, 1.54) is 0 Å². The van der Waals surface area contributed by atoms with Crippen LogP contribution in [-0.4, -0.2) is 13.4 Å². The third-order valence-corrected chi connectivity index (χ3v) is 7.03. The highest BCUT2D eigenvalue weighted by atomic mass is 32.2. The number of hydrogen-bond donors (Lipinski definition) is 1. The van der Waals surface area contributed by atoms with Crippen LogP contribution in [0.1, 0.15) is 27.8 Å². The molecule has 0 saturated heterocycles. The second kappa shape index (κ2) is 7.31. The zero-order valence-corrected chi connectivity index (χ0v) is 17.0. The normalized spacial score (nSPS) is 11.7. The van der Waals surface area contributed by atoms with Gasteiger partial charge in [0.1, 0.15) is 0 Å². The van der Waals surface area contributed by atoms with Crippen molar-refractivity contribution < 1.29 is 8.42 Å². The standard InChI is InChI=1S/C20H22N2O2S2/c1-13-9-14(2)16(4)20(15(13)3)26(23,24)22-11-17-5-7-21-19(10-17)18-6-8-25-12-18/h5-10,12,22H,11H2,1-4H3. The van der Waals surface area contributed by atoms with Gasteiger partial charge < -0.3 is 0 Å². The molecule has 0 saturated carbocycles. The SMILES string of the molecule is Cc1cc(C)c(C)c(S(=O)(=O)NCc2ccnc(-c3ccsc3)c2)c1C. The molecule has 136 valence electrons. The lowest BCUT2D eigenvalue weighted by atomic mass is 10.0. The molecule has 6 heteroatoms. The summed E-state index contributed by atoms with van der Waals surface area (Å²) in [4.78, 5) is 4.76. The molecule has 0 bridgehead atoms. The van der Waals surface area contributed by atoms with Gasteiger partial charge in [-0.15, -0.1) is 0 Å². The topological polar surface area (TPSA) is 59.1 Å². The third-order valence-electron chi connectivity index (χ3n) is 4.67. The third kappa shape index (κ3) is 3.72. The van der Waals surface area contributed by atoms with E-state index in [9.17, 15) is 8.42 Å². The fraction of sp³-hybridized carbons (Fsp3) is 0.250. The number of aryl methyl sites for hydroxylation is 2. The summed E-state index contributed by atoms with van der Waals surface area (Å²) in [7, 11) is -3.60. The van der Waals surface area contributed by atoms with Gasteiger partial charge in [-0.05, 0) is 79.1 Å². The molecule has 3 aromatic rings. The van der Waals surface area contributed by atoms with E-state index >= 15 is 0 Å². The Kier molecular flexibility index (Phi) is 5.27. The minimum atomic E-state index is -3.60. The van der Waals surface area contributed by atoms with Gasteiger partial charge >= 0.3 is 0 Å². The van der Waals surface area contributed by atoms with Gasteiger partial charge in [0.05, 0.1) is 10.6 Å². The van der Waals surface area contributed by atoms with Gasteiger partial charge in [0.15, 0.2) is 0 Å². The van der Waals surface area contributed by atoms with Gasteiger partial charge in [0, 0.05) is 23.7 Å². The summed E-state index contributed by atoms with van der Waals surface area (Å²) >= 11 is 1.61. The summed E-state index contributed by atoms with van der Waals surface area (Å²) in [6.45, 7) is 7.83. The van der Waals surface area contributed by atoms with Crippen molar-refractivity contribution in [2.45, 2.75) is 39.1 Å². The van der Waals surface area contributed by atoms with E-state index in [-0.39, 0.29) is 6.54 Å². The van der Waals surface area contributed by atoms with Crippen molar-refractivity contribution in [1.82, 2.24) is 9.71 Å². The van der Waals surface area contributed by atoms with E-state index in [2.05, 4.69) is 9.71 Å². The number of benzene rings is 1. The minimum absolute atomic E-state index is 0.230. The van der Waals surface area contributed by atoms with Crippen LogP contribution in [-0.2, 0) is 16.6 Å². The zero-order valence-electron chi connectivity index (χ0n) is 15.3.